The van der Waals surface area contributed by atoms with Crippen molar-refractivity contribution in [3.8, 4) is 0 Å². The smallest absolute Gasteiger partial charge is 0.0128 e. The minimum Gasteiger partial charge on any atom is -0.306 e. The number of piperidine rings is 1. The zero-order valence-electron chi connectivity index (χ0n) is 11.7. The Balaban J connectivity index is 2.05. The predicted octanol–water partition coefficient (Wildman–Crippen LogP) is 2.59. The monoisotopic (exact) mass is 224 g/mol. The van der Waals surface area contributed by atoms with Crippen LogP contribution in [0.15, 0.2) is 0 Å². The molecule has 0 amide bonds. The highest BCUT2D eigenvalue weighted by Crippen LogP contribution is 2.45. The van der Waals surface area contributed by atoms with Crippen LogP contribution in [0.5, 0.6) is 0 Å². The third-order valence-electron chi connectivity index (χ3n) is 4.68. The van der Waals surface area contributed by atoms with Gasteiger partial charge in [0, 0.05) is 18.1 Å². The Morgan fingerprint density at radius 3 is 2.12 bits per heavy atom. The fraction of sp³-hybridized carbons (Fsp3) is 1.00. The van der Waals surface area contributed by atoms with E-state index in [4.69, 9.17) is 0 Å². The molecule has 0 aromatic heterocycles. The molecular formula is C14H28N2. The van der Waals surface area contributed by atoms with Crippen LogP contribution in [0, 0.1) is 5.41 Å². The molecule has 2 nitrogen and oxygen atoms in total. The summed E-state index contributed by atoms with van der Waals surface area (Å²) in [6, 6.07) is 0.767. The molecule has 0 aromatic carbocycles. The minimum atomic E-state index is 0.340. The summed E-state index contributed by atoms with van der Waals surface area (Å²) in [6.07, 6.45) is 4.22. The molecule has 0 radical (unpaired) electrons. The fourth-order valence-electron chi connectivity index (χ4n) is 3.67. The first kappa shape index (κ1) is 12.4. The highest BCUT2D eigenvalue weighted by Gasteiger charge is 2.46. The second kappa shape index (κ2) is 3.99. The summed E-state index contributed by atoms with van der Waals surface area (Å²) in [5, 5.41) is 0. The summed E-state index contributed by atoms with van der Waals surface area (Å²) in [5.74, 6) is 0. The van der Waals surface area contributed by atoms with Crippen LogP contribution in [-0.2, 0) is 0 Å². The van der Waals surface area contributed by atoms with E-state index in [-0.39, 0.29) is 0 Å². The van der Waals surface area contributed by atoms with Crippen LogP contribution in [0.3, 0.4) is 0 Å². The molecule has 16 heavy (non-hydrogen) atoms. The SMILES string of the molecule is C[C@H]1CC2(CCN(C)CC2)CN1C(C)(C)C. The molecule has 2 saturated heterocycles. The number of rotatable bonds is 0. The number of hydrogen-bond donors (Lipinski definition) is 0. The molecule has 1 atom stereocenters. The lowest BCUT2D eigenvalue weighted by Gasteiger charge is -2.40. The van der Waals surface area contributed by atoms with Gasteiger partial charge in [0.1, 0.15) is 0 Å². The highest BCUT2D eigenvalue weighted by atomic mass is 15.2. The summed E-state index contributed by atoms with van der Waals surface area (Å²) >= 11 is 0. The van der Waals surface area contributed by atoms with Gasteiger partial charge in [-0.2, -0.15) is 0 Å². The van der Waals surface area contributed by atoms with Gasteiger partial charge in [0.25, 0.3) is 0 Å². The van der Waals surface area contributed by atoms with Crippen molar-refractivity contribution in [1.82, 2.24) is 9.80 Å². The summed E-state index contributed by atoms with van der Waals surface area (Å²) in [7, 11) is 2.26. The molecule has 2 rings (SSSR count). The molecule has 94 valence electrons. The summed E-state index contributed by atoms with van der Waals surface area (Å²) in [6.45, 7) is 13.4. The molecule has 1 spiro atoms. The van der Waals surface area contributed by atoms with Crippen molar-refractivity contribution < 1.29 is 0 Å². The van der Waals surface area contributed by atoms with Crippen molar-refractivity contribution in [1.29, 1.82) is 0 Å². The van der Waals surface area contributed by atoms with Crippen LogP contribution in [0.2, 0.25) is 0 Å². The summed E-state index contributed by atoms with van der Waals surface area (Å²) < 4.78 is 0. The zero-order valence-corrected chi connectivity index (χ0v) is 11.7. The topological polar surface area (TPSA) is 6.48 Å². The number of hydrogen-bond acceptors (Lipinski definition) is 2. The van der Waals surface area contributed by atoms with E-state index >= 15 is 0 Å². The van der Waals surface area contributed by atoms with Gasteiger partial charge in [-0.3, -0.25) is 4.90 Å². The minimum absolute atomic E-state index is 0.340. The second-order valence-corrected chi connectivity index (χ2v) is 7.16. The van der Waals surface area contributed by atoms with Crippen LogP contribution in [-0.4, -0.2) is 48.1 Å². The van der Waals surface area contributed by atoms with Crippen molar-refractivity contribution in [2.75, 3.05) is 26.7 Å². The molecule has 0 saturated carbocycles. The molecule has 2 heterocycles. The Morgan fingerprint density at radius 1 is 1.12 bits per heavy atom. The van der Waals surface area contributed by atoms with Crippen molar-refractivity contribution >= 4 is 0 Å². The maximum absolute atomic E-state index is 2.72. The van der Waals surface area contributed by atoms with Crippen LogP contribution < -0.4 is 0 Å². The molecule has 0 unspecified atom stereocenters. The Bertz CT molecular complexity index is 246. The summed E-state index contributed by atoms with van der Waals surface area (Å²) in [5.41, 5.74) is 0.978. The molecule has 0 bridgehead atoms. The van der Waals surface area contributed by atoms with E-state index in [1.54, 1.807) is 0 Å². The Hall–Kier alpha value is -0.0800. The van der Waals surface area contributed by atoms with Crippen molar-refractivity contribution in [3.05, 3.63) is 0 Å². The van der Waals surface area contributed by atoms with E-state index in [0.717, 1.165) is 6.04 Å². The van der Waals surface area contributed by atoms with E-state index in [1.165, 1.54) is 38.9 Å². The standard InChI is InChI=1S/C14H28N2/c1-12-10-14(6-8-15(5)9-7-14)11-16(12)13(2,3)4/h12H,6-11H2,1-5H3/t12-/m0/s1. The van der Waals surface area contributed by atoms with Crippen LogP contribution in [0.1, 0.15) is 47.0 Å². The molecular weight excluding hydrogens is 196 g/mol. The average Bonchev–Trinajstić information content (AvgIpc) is 2.49. The van der Waals surface area contributed by atoms with Crippen molar-refractivity contribution in [3.63, 3.8) is 0 Å². The first-order chi connectivity index (χ1) is 7.32. The first-order valence-corrected chi connectivity index (χ1v) is 6.78. The molecule has 0 N–H and O–H groups in total. The molecule has 2 heteroatoms. The van der Waals surface area contributed by atoms with E-state index in [2.05, 4.69) is 44.5 Å². The number of nitrogens with zero attached hydrogens (tertiary/aromatic N) is 2. The maximum atomic E-state index is 2.72. The van der Waals surface area contributed by atoms with E-state index in [1.807, 2.05) is 0 Å². The summed E-state index contributed by atoms with van der Waals surface area (Å²) in [4.78, 5) is 5.20. The van der Waals surface area contributed by atoms with Gasteiger partial charge >= 0.3 is 0 Å². The van der Waals surface area contributed by atoms with Gasteiger partial charge in [-0.25, -0.2) is 0 Å². The second-order valence-electron chi connectivity index (χ2n) is 7.16. The van der Waals surface area contributed by atoms with Crippen LogP contribution in [0.4, 0.5) is 0 Å². The third-order valence-corrected chi connectivity index (χ3v) is 4.68. The molecule has 0 aromatic rings. The van der Waals surface area contributed by atoms with Gasteiger partial charge in [0.15, 0.2) is 0 Å². The fourth-order valence-corrected chi connectivity index (χ4v) is 3.67. The van der Waals surface area contributed by atoms with Crippen LogP contribution >= 0.6 is 0 Å². The Labute approximate surface area is 101 Å². The number of likely N-dealkylation sites (tertiary alicyclic amines) is 2. The van der Waals surface area contributed by atoms with Gasteiger partial charge in [-0.1, -0.05) is 0 Å². The van der Waals surface area contributed by atoms with E-state index in [0.29, 0.717) is 11.0 Å². The van der Waals surface area contributed by atoms with E-state index < -0.39 is 0 Å². The Kier molecular flexibility index (Phi) is 3.09. The normalized spacial score (nSPS) is 32.4. The van der Waals surface area contributed by atoms with Gasteiger partial charge < -0.3 is 4.90 Å². The van der Waals surface area contributed by atoms with Crippen molar-refractivity contribution in [2.45, 2.75) is 58.5 Å². The lowest BCUT2D eigenvalue weighted by atomic mass is 9.77. The van der Waals surface area contributed by atoms with Gasteiger partial charge in [-0.15, -0.1) is 0 Å². The van der Waals surface area contributed by atoms with Crippen LogP contribution in [0.25, 0.3) is 0 Å². The lowest BCUT2D eigenvalue weighted by molar-refractivity contribution is 0.0904. The largest absolute Gasteiger partial charge is 0.306 e. The Morgan fingerprint density at radius 2 is 1.69 bits per heavy atom. The average molecular weight is 224 g/mol. The zero-order chi connectivity index (χ0) is 12.0. The van der Waals surface area contributed by atoms with Gasteiger partial charge in [-0.05, 0) is 72.5 Å². The highest BCUT2D eigenvalue weighted by molar-refractivity contribution is 5.00. The molecule has 2 fully saturated rings. The molecule has 0 aliphatic carbocycles. The van der Waals surface area contributed by atoms with Gasteiger partial charge in [0.05, 0.1) is 0 Å². The quantitative estimate of drug-likeness (QED) is 0.624. The molecule has 2 aliphatic rings. The predicted molar refractivity (Wildman–Crippen MR) is 69.7 cm³/mol. The lowest BCUT2D eigenvalue weighted by Crippen LogP contribution is -2.45. The first-order valence-electron chi connectivity index (χ1n) is 6.78. The van der Waals surface area contributed by atoms with Crippen molar-refractivity contribution in [2.24, 2.45) is 5.41 Å². The van der Waals surface area contributed by atoms with Gasteiger partial charge in [0.2, 0.25) is 0 Å². The van der Waals surface area contributed by atoms with E-state index in [9.17, 15) is 0 Å². The maximum Gasteiger partial charge on any atom is 0.0128 e. The molecule has 2 aliphatic heterocycles. The third kappa shape index (κ3) is 2.28.